The van der Waals surface area contributed by atoms with Crippen molar-refractivity contribution < 1.29 is 14.6 Å². The predicted molar refractivity (Wildman–Crippen MR) is 167 cm³/mol. The van der Waals surface area contributed by atoms with Gasteiger partial charge >= 0.3 is 5.97 Å². The first kappa shape index (κ1) is 31.5. The number of aliphatic hydroxyl groups excluding tert-OH is 1. The van der Waals surface area contributed by atoms with Gasteiger partial charge in [-0.25, -0.2) is 0 Å². The summed E-state index contributed by atoms with van der Waals surface area (Å²) >= 11 is 0. The molecular formula is C36H62N2O3. The molecule has 5 nitrogen and oxygen atoms in total. The van der Waals surface area contributed by atoms with Crippen molar-refractivity contribution in [3.63, 3.8) is 0 Å². The molecule has 5 heteroatoms. The van der Waals surface area contributed by atoms with Crippen LogP contribution in [0.1, 0.15) is 125 Å². The Labute approximate surface area is 251 Å². The number of rotatable bonds is 8. The fourth-order valence-electron chi connectivity index (χ4n) is 12.6. The average Bonchev–Trinajstić information content (AvgIpc) is 3.31. The number of aliphatic hydroxyl groups is 1. The molecule has 5 N–H and O–H groups in total. The van der Waals surface area contributed by atoms with Crippen LogP contribution in [-0.2, 0) is 9.53 Å². The van der Waals surface area contributed by atoms with E-state index in [1.54, 1.807) is 0 Å². The van der Waals surface area contributed by atoms with E-state index in [2.05, 4.69) is 48.1 Å². The summed E-state index contributed by atoms with van der Waals surface area (Å²) in [7, 11) is 0. The Morgan fingerprint density at radius 1 is 0.927 bits per heavy atom. The fraction of sp³-hybridized carbons (Fsp3) is 0.917. The van der Waals surface area contributed by atoms with Crippen LogP contribution in [0.5, 0.6) is 0 Å². The normalized spacial score (nSPS) is 47.3. The van der Waals surface area contributed by atoms with E-state index in [9.17, 15) is 9.90 Å². The maximum Gasteiger partial charge on any atom is 0.323 e. The van der Waals surface area contributed by atoms with E-state index in [4.69, 9.17) is 16.2 Å². The van der Waals surface area contributed by atoms with Crippen molar-refractivity contribution >= 4 is 5.97 Å². The second-order valence-corrected chi connectivity index (χ2v) is 16.9. The summed E-state index contributed by atoms with van der Waals surface area (Å²) < 4.78 is 6.24. The predicted octanol–water partition coefficient (Wildman–Crippen LogP) is 7.00. The number of nitrogens with two attached hydrogens (primary N) is 2. The molecule has 0 saturated heterocycles. The first-order chi connectivity index (χ1) is 19.2. The monoisotopic (exact) mass is 570 g/mol. The Morgan fingerprint density at radius 3 is 2.32 bits per heavy atom. The molecule has 41 heavy (non-hydrogen) atoms. The molecule has 0 aromatic heterocycles. The molecule has 0 unspecified atom stereocenters. The van der Waals surface area contributed by atoms with Gasteiger partial charge in [0, 0.05) is 12.0 Å². The average molecular weight is 571 g/mol. The molecular weight excluding hydrogens is 508 g/mol. The second-order valence-electron chi connectivity index (χ2n) is 16.9. The van der Waals surface area contributed by atoms with Crippen LogP contribution in [0.2, 0.25) is 0 Å². The molecule has 234 valence electrons. The quantitative estimate of drug-likeness (QED) is 0.166. The Bertz CT molecular complexity index is 1010. The number of hydrogen-bond acceptors (Lipinski definition) is 5. The first-order valence-corrected chi connectivity index (χ1v) is 17.1. The largest absolute Gasteiger partial charge is 0.461 e. The van der Waals surface area contributed by atoms with E-state index >= 15 is 0 Å². The number of carbonyl (C=O) groups is 1. The van der Waals surface area contributed by atoms with E-state index in [1.165, 1.54) is 56.9 Å². The summed E-state index contributed by atoms with van der Waals surface area (Å²) in [4.78, 5) is 13.0. The van der Waals surface area contributed by atoms with Crippen molar-refractivity contribution in [1.82, 2.24) is 0 Å². The van der Waals surface area contributed by atoms with Crippen LogP contribution in [0.15, 0.2) is 12.2 Å². The van der Waals surface area contributed by atoms with Crippen LogP contribution < -0.4 is 11.5 Å². The maximum atomic E-state index is 13.0. The SMILES string of the molecule is C=C(C)[C@@H]1CC[C@]2(CO)CC[C@]3(C)[C@H](CC[C@@H]4[C@@]5(C)CC[C@H](OC(=O)[C@@H](N)CCCCN)C(C)(C)[C@@H]5CC[C@]43C)[C@@H]12. The van der Waals surface area contributed by atoms with Crippen LogP contribution in [-0.4, -0.2) is 36.4 Å². The number of esters is 1. The lowest BCUT2D eigenvalue weighted by Gasteiger charge is -2.73. The Morgan fingerprint density at radius 2 is 1.66 bits per heavy atom. The highest BCUT2D eigenvalue weighted by Gasteiger charge is 2.71. The van der Waals surface area contributed by atoms with Crippen molar-refractivity contribution in [2.24, 2.45) is 68.1 Å². The molecule has 5 aliphatic carbocycles. The Kier molecular flexibility index (Phi) is 8.39. The topological polar surface area (TPSA) is 98.6 Å². The van der Waals surface area contributed by atoms with Gasteiger partial charge in [-0.2, -0.15) is 0 Å². The molecule has 0 aromatic rings. The van der Waals surface area contributed by atoms with Gasteiger partial charge in [-0.15, -0.1) is 0 Å². The van der Waals surface area contributed by atoms with Gasteiger partial charge in [0.05, 0.1) is 0 Å². The third-order valence-electron chi connectivity index (χ3n) is 15.0. The molecule has 5 rings (SSSR count). The van der Waals surface area contributed by atoms with Crippen LogP contribution in [0, 0.1) is 56.7 Å². The summed E-state index contributed by atoms with van der Waals surface area (Å²) in [6.45, 7) is 20.4. The van der Waals surface area contributed by atoms with E-state index in [0.29, 0.717) is 49.2 Å². The Hall–Kier alpha value is -0.910. The molecule has 5 fully saturated rings. The summed E-state index contributed by atoms with van der Waals surface area (Å²) in [6, 6.07) is -0.550. The lowest BCUT2D eigenvalue weighted by molar-refractivity contribution is -0.251. The fourth-order valence-corrected chi connectivity index (χ4v) is 12.6. The summed E-state index contributed by atoms with van der Waals surface area (Å²) in [5.74, 6) is 2.78. The lowest BCUT2D eigenvalue weighted by Crippen LogP contribution is -2.67. The smallest absolute Gasteiger partial charge is 0.323 e. The van der Waals surface area contributed by atoms with Gasteiger partial charge in [0.2, 0.25) is 0 Å². The highest BCUT2D eigenvalue weighted by atomic mass is 16.5. The highest BCUT2D eigenvalue weighted by Crippen LogP contribution is 2.77. The Balaban J connectivity index is 1.38. The van der Waals surface area contributed by atoms with Crippen LogP contribution >= 0.6 is 0 Å². The van der Waals surface area contributed by atoms with Gasteiger partial charge in [-0.05, 0) is 142 Å². The molecule has 0 spiro atoms. The molecule has 0 amide bonds. The first-order valence-electron chi connectivity index (χ1n) is 17.1. The zero-order valence-electron chi connectivity index (χ0n) is 27.3. The van der Waals surface area contributed by atoms with Crippen LogP contribution in [0.25, 0.3) is 0 Å². The lowest BCUT2D eigenvalue weighted by atomic mass is 9.32. The number of ether oxygens (including phenoxy) is 1. The number of allylic oxidation sites excluding steroid dienone is 1. The minimum absolute atomic E-state index is 0.0698. The van der Waals surface area contributed by atoms with Crippen molar-refractivity contribution in [3.8, 4) is 0 Å². The van der Waals surface area contributed by atoms with Crippen molar-refractivity contribution in [2.75, 3.05) is 13.2 Å². The summed E-state index contributed by atoms with van der Waals surface area (Å²) in [6.07, 6.45) is 14.2. The van der Waals surface area contributed by atoms with Gasteiger partial charge in [0.15, 0.2) is 0 Å². The van der Waals surface area contributed by atoms with E-state index in [0.717, 1.165) is 25.7 Å². The second kappa shape index (κ2) is 10.9. The molecule has 0 aromatic carbocycles. The van der Waals surface area contributed by atoms with Crippen LogP contribution in [0.4, 0.5) is 0 Å². The molecule has 5 saturated carbocycles. The third-order valence-corrected chi connectivity index (χ3v) is 15.0. The number of unbranched alkanes of at least 4 members (excludes halogenated alkanes) is 1. The maximum absolute atomic E-state index is 13.0. The van der Waals surface area contributed by atoms with Crippen molar-refractivity contribution in [3.05, 3.63) is 12.2 Å². The van der Waals surface area contributed by atoms with Gasteiger partial charge in [-0.1, -0.05) is 53.2 Å². The highest BCUT2D eigenvalue weighted by molar-refractivity contribution is 5.75. The molecule has 0 radical (unpaired) electrons. The summed E-state index contributed by atoms with van der Waals surface area (Å²) in [5.41, 5.74) is 14.1. The van der Waals surface area contributed by atoms with E-state index in [1.807, 2.05) is 0 Å². The standard InChI is InChI=1S/C36H62N2O3/c1-23(2)24-13-18-36(22-39)20-19-34(6)25(30(24)36)11-12-28-33(5)16-15-29(41-31(40)26(38)10-8-9-21-37)32(3,4)27(33)14-17-35(28,34)7/h24-30,39H,1,8-22,37-38H2,2-7H3/t24-,25+,26-,27-,28+,29-,30+,33-,34+,35+,36+/m0/s1. The molecule has 0 aliphatic heterocycles. The minimum atomic E-state index is -0.550. The van der Waals surface area contributed by atoms with E-state index in [-0.39, 0.29) is 39.1 Å². The zero-order chi connectivity index (χ0) is 30.0. The van der Waals surface area contributed by atoms with Gasteiger partial charge < -0.3 is 21.3 Å². The van der Waals surface area contributed by atoms with Gasteiger partial charge in [0.1, 0.15) is 12.1 Å². The molecule has 5 aliphatic rings. The summed E-state index contributed by atoms with van der Waals surface area (Å²) in [5, 5.41) is 10.8. The van der Waals surface area contributed by atoms with Crippen LogP contribution in [0.3, 0.4) is 0 Å². The molecule has 0 bridgehead atoms. The van der Waals surface area contributed by atoms with Crippen molar-refractivity contribution in [2.45, 2.75) is 137 Å². The molecule has 11 atom stereocenters. The van der Waals surface area contributed by atoms with E-state index < -0.39 is 6.04 Å². The number of fused-ring (bicyclic) bond motifs is 7. The molecule has 0 heterocycles. The van der Waals surface area contributed by atoms with Gasteiger partial charge in [0.25, 0.3) is 0 Å². The third kappa shape index (κ3) is 4.60. The van der Waals surface area contributed by atoms with Gasteiger partial charge in [-0.3, -0.25) is 4.79 Å². The number of carbonyl (C=O) groups excluding carboxylic acids is 1. The van der Waals surface area contributed by atoms with Crippen molar-refractivity contribution in [1.29, 1.82) is 0 Å². The zero-order valence-corrected chi connectivity index (χ0v) is 27.3. The number of hydrogen-bond donors (Lipinski definition) is 3. The minimum Gasteiger partial charge on any atom is -0.461 e.